The first kappa shape index (κ1) is 29.1. The van der Waals surface area contributed by atoms with E-state index >= 15 is 0 Å². The predicted octanol–water partition coefficient (Wildman–Crippen LogP) is 3.87. The molecule has 1 aliphatic rings. The lowest BCUT2D eigenvalue weighted by Gasteiger charge is -2.34. The van der Waals surface area contributed by atoms with Crippen molar-refractivity contribution in [1.82, 2.24) is 10.2 Å². The van der Waals surface area contributed by atoms with Crippen LogP contribution < -0.4 is 15.4 Å². The molecular weight excluding hydrogens is 637 g/mol. The Balaban J connectivity index is 1.60. The molecule has 0 spiro atoms. The number of anilines is 1. The number of carbonyl (C=O) groups is 2. The van der Waals surface area contributed by atoms with E-state index in [1.807, 2.05) is 43.3 Å². The van der Waals surface area contributed by atoms with E-state index in [1.165, 1.54) is 4.90 Å². The third-order valence-corrected chi connectivity index (χ3v) is 7.53. The fraction of sp³-hybridized carbons (Fsp3) is 0.286. The van der Waals surface area contributed by atoms with Crippen molar-refractivity contribution in [2.75, 3.05) is 18.5 Å². The number of urea groups is 1. The molecule has 0 aromatic heterocycles. The van der Waals surface area contributed by atoms with Gasteiger partial charge in [-0.15, -0.1) is 0 Å². The second kappa shape index (κ2) is 13.0. The zero-order chi connectivity index (χ0) is 28.1. The van der Waals surface area contributed by atoms with Crippen molar-refractivity contribution in [3.8, 4) is 5.75 Å². The summed E-state index contributed by atoms with van der Waals surface area (Å²) in [5.41, 5.74) is 1.82. The van der Waals surface area contributed by atoms with E-state index in [0.29, 0.717) is 22.0 Å². The number of rotatable bonds is 10. The second-order valence-corrected chi connectivity index (χ2v) is 10.9. The molecule has 0 radical (unpaired) electrons. The van der Waals surface area contributed by atoms with Gasteiger partial charge in [0.15, 0.2) is 6.23 Å². The average Bonchev–Trinajstić information content (AvgIpc) is 3.23. The Kier molecular flexibility index (Phi) is 9.67. The molecule has 39 heavy (non-hydrogen) atoms. The molecule has 1 fully saturated rings. The Morgan fingerprint density at radius 1 is 1.15 bits per heavy atom. The molecule has 0 bridgehead atoms. The van der Waals surface area contributed by atoms with Crippen molar-refractivity contribution in [3.05, 3.63) is 92.5 Å². The molecule has 1 saturated heterocycles. The van der Waals surface area contributed by atoms with Crippen molar-refractivity contribution < 1.29 is 29.6 Å². The van der Waals surface area contributed by atoms with Crippen molar-refractivity contribution in [3.63, 3.8) is 0 Å². The molecule has 0 saturated carbocycles. The number of hydrogen-bond donors (Lipinski definition) is 5. The summed E-state index contributed by atoms with van der Waals surface area (Å²) in [6.07, 6.45) is -2.35. The molecule has 0 unspecified atom stereocenters. The quantitative estimate of drug-likeness (QED) is 0.209. The van der Waals surface area contributed by atoms with Gasteiger partial charge in [-0.05, 0) is 64.0 Å². The number of nitrogens with one attached hydrogen (secondary N) is 2. The molecule has 5 N–H and O–H groups in total. The van der Waals surface area contributed by atoms with E-state index in [9.17, 15) is 19.8 Å². The lowest BCUT2D eigenvalue weighted by molar-refractivity contribution is -0.124. The summed E-state index contributed by atoms with van der Waals surface area (Å²) in [6.45, 7) is 1.33. The highest BCUT2D eigenvalue weighted by Crippen LogP contribution is 2.34. The molecule has 4 rings (SSSR count). The Hall–Kier alpha value is -2.90. The van der Waals surface area contributed by atoms with Crippen LogP contribution in [0.25, 0.3) is 0 Å². The van der Waals surface area contributed by atoms with Crippen LogP contribution in [0.2, 0.25) is 5.02 Å². The normalized spacial score (nSPS) is 19.2. The molecule has 1 heterocycles. The van der Waals surface area contributed by atoms with Crippen LogP contribution >= 0.6 is 34.2 Å². The summed E-state index contributed by atoms with van der Waals surface area (Å²) in [4.78, 5) is 28.2. The summed E-state index contributed by atoms with van der Waals surface area (Å²) in [5.74, 6) is -0.511. The van der Waals surface area contributed by atoms with Crippen LogP contribution in [0.4, 0.5) is 10.5 Å². The number of nitrogens with zero attached hydrogens (tertiary/aromatic N) is 1. The number of carbonyl (C=O) groups excluding carboxylic acids is 2. The maximum absolute atomic E-state index is 13.7. The highest BCUT2D eigenvalue weighted by Gasteiger charge is 2.47. The van der Waals surface area contributed by atoms with Crippen LogP contribution in [-0.4, -0.2) is 63.7 Å². The predicted molar refractivity (Wildman–Crippen MR) is 156 cm³/mol. The zero-order valence-corrected chi connectivity index (χ0v) is 23.9. The number of amides is 3. The summed E-state index contributed by atoms with van der Waals surface area (Å²) < 4.78 is 6.34. The second-order valence-electron chi connectivity index (χ2n) is 9.22. The molecule has 206 valence electrons. The largest absolute Gasteiger partial charge is 0.491 e. The first-order valence-corrected chi connectivity index (χ1v) is 13.7. The Labute approximate surface area is 244 Å². The maximum Gasteiger partial charge on any atom is 0.320 e. The van der Waals surface area contributed by atoms with Crippen LogP contribution in [0, 0.1) is 3.57 Å². The zero-order valence-electron chi connectivity index (χ0n) is 21.0. The Morgan fingerprint density at radius 2 is 1.85 bits per heavy atom. The van der Waals surface area contributed by atoms with Gasteiger partial charge < -0.3 is 30.7 Å². The number of aliphatic hydroxyl groups excluding tert-OH is 3. The molecule has 3 aromatic rings. The van der Waals surface area contributed by atoms with Gasteiger partial charge in [0, 0.05) is 9.49 Å². The maximum atomic E-state index is 13.7. The minimum Gasteiger partial charge on any atom is -0.491 e. The van der Waals surface area contributed by atoms with Crippen LogP contribution in [-0.2, 0) is 4.79 Å². The van der Waals surface area contributed by atoms with Crippen LogP contribution in [0.1, 0.15) is 30.0 Å². The van der Waals surface area contributed by atoms with Crippen molar-refractivity contribution in [2.24, 2.45) is 0 Å². The van der Waals surface area contributed by atoms with E-state index in [0.717, 1.165) is 9.13 Å². The van der Waals surface area contributed by atoms with Crippen molar-refractivity contribution in [1.29, 1.82) is 0 Å². The molecular formula is C28H29ClIN3O6. The fourth-order valence-corrected chi connectivity index (χ4v) is 5.36. The molecule has 1 aliphatic heterocycles. The summed E-state index contributed by atoms with van der Waals surface area (Å²) in [5, 5.41) is 35.8. The molecule has 3 amide bonds. The van der Waals surface area contributed by atoms with E-state index in [1.54, 1.807) is 36.4 Å². The summed E-state index contributed by atoms with van der Waals surface area (Å²) in [6, 6.07) is 18.7. The van der Waals surface area contributed by atoms with E-state index in [4.69, 9.17) is 21.4 Å². The molecule has 0 aliphatic carbocycles. The number of ether oxygens (including phenoxy) is 1. The van der Waals surface area contributed by atoms with Gasteiger partial charge in [-0.3, -0.25) is 9.69 Å². The first-order chi connectivity index (χ1) is 18.7. The van der Waals surface area contributed by atoms with Crippen molar-refractivity contribution >= 4 is 51.8 Å². The minimum absolute atomic E-state index is 0.0782. The van der Waals surface area contributed by atoms with Gasteiger partial charge in [0.1, 0.15) is 30.5 Å². The topological polar surface area (TPSA) is 131 Å². The summed E-state index contributed by atoms with van der Waals surface area (Å²) >= 11 is 8.48. The van der Waals surface area contributed by atoms with Gasteiger partial charge >= 0.3 is 6.03 Å². The molecule has 9 nitrogen and oxygen atoms in total. The van der Waals surface area contributed by atoms with Crippen LogP contribution in [0.5, 0.6) is 5.75 Å². The van der Waals surface area contributed by atoms with Crippen molar-refractivity contribution in [2.45, 2.75) is 37.3 Å². The van der Waals surface area contributed by atoms with E-state index in [-0.39, 0.29) is 6.61 Å². The first-order valence-electron chi connectivity index (χ1n) is 12.3. The highest BCUT2D eigenvalue weighted by atomic mass is 127. The number of hydrogen-bond acceptors (Lipinski definition) is 6. The molecule has 3 aromatic carbocycles. The van der Waals surface area contributed by atoms with Crippen LogP contribution in [0.3, 0.4) is 0 Å². The third kappa shape index (κ3) is 6.82. The van der Waals surface area contributed by atoms with Gasteiger partial charge in [-0.25, -0.2) is 4.79 Å². The molecule has 11 heteroatoms. The Morgan fingerprint density at radius 3 is 2.49 bits per heavy atom. The standard InChI is InChI=1S/C28H29ClIN3O6/c1-16(17-5-3-2-4-6-17)25(26(36)31-23-12-9-19(30)13-22(23)29)33-27(37)24(32-28(33)38)18-7-10-21(11-8-18)39-15-20(35)14-34/h2-13,16,20,24-25,27,34-35,37H,14-15H2,1H3,(H,31,36)(H,32,38)/t16-,20+,24+,25-,27+/m0/s1. The smallest absolute Gasteiger partial charge is 0.320 e. The Bertz CT molecular complexity index is 1300. The fourth-order valence-electron chi connectivity index (χ4n) is 4.46. The van der Waals surface area contributed by atoms with E-state index < -0.39 is 48.9 Å². The van der Waals surface area contributed by atoms with Gasteiger partial charge in [0.05, 0.1) is 17.3 Å². The lowest BCUT2D eigenvalue weighted by atomic mass is 9.91. The van der Waals surface area contributed by atoms with E-state index in [2.05, 4.69) is 33.2 Å². The summed E-state index contributed by atoms with van der Waals surface area (Å²) in [7, 11) is 0. The van der Waals surface area contributed by atoms with Gasteiger partial charge in [-0.2, -0.15) is 0 Å². The third-order valence-electron chi connectivity index (χ3n) is 6.55. The van der Waals surface area contributed by atoms with Crippen LogP contribution in [0.15, 0.2) is 72.8 Å². The van der Waals surface area contributed by atoms with Gasteiger partial charge in [-0.1, -0.05) is 61.0 Å². The number of benzene rings is 3. The van der Waals surface area contributed by atoms with Gasteiger partial charge in [0.25, 0.3) is 0 Å². The highest BCUT2D eigenvalue weighted by molar-refractivity contribution is 14.1. The molecule has 5 atom stereocenters. The number of aliphatic hydroxyl groups is 3. The average molecular weight is 666 g/mol. The SMILES string of the molecule is C[C@@H](c1ccccc1)[C@@H](C(=O)Nc1ccc(I)cc1Cl)N1C(=O)N[C@H](c2ccc(OC[C@H](O)CO)cc2)[C@H]1O. The lowest BCUT2D eigenvalue weighted by Crippen LogP contribution is -2.52. The minimum atomic E-state index is -1.35. The number of halogens is 2. The monoisotopic (exact) mass is 665 g/mol. The van der Waals surface area contributed by atoms with Gasteiger partial charge in [0.2, 0.25) is 5.91 Å².